The minimum atomic E-state index is -0.481. The van der Waals surface area contributed by atoms with E-state index in [9.17, 15) is 9.59 Å². The third kappa shape index (κ3) is 3.50. The molecule has 1 aromatic carbocycles. The Morgan fingerprint density at radius 3 is 2.65 bits per heavy atom. The molecule has 0 aliphatic rings. The summed E-state index contributed by atoms with van der Waals surface area (Å²) in [5.41, 5.74) is 0.405. The molecule has 0 atom stereocenters. The van der Waals surface area contributed by atoms with Gasteiger partial charge >= 0.3 is 0 Å². The quantitative estimate of drug-likeness (QED) is 0.634. The van der Waals surface area contributed by atoms with E-state index in [4.69, 9.17) is 11.6 Å². The van der Waals surface area contributed by atoms with E-state index in [1.807, 2.05) is 22.6 Å². The van der Waals surface area contributed by atoms with E-state index in [2.05, 4.69) is 15.3 Å². The fourth-order valence-electron chi connectivity index (χ4n) is 1.98. The number of hydrogen-bond donors (Lipinski definition) is 1. The summed E-state index contributed by atoms with van der Waals surface area (Å²) in [7, 11) is 0. The Morgan fingerprint density at radius 1 is 1.22 bits per heavy atom. The smallest absolute Gasteiger partial charge is 0.271 e. The van der Waals surface area contributed by atoms with Crippen molar-refractivity contribution in [3.63, 3.8) is 0 Å². The highest BCUT2D eigenvalue weighted by Crippen LogP contribution is 2.09. The lowest BCUT2D eigenvalue weighted by atomic mass is 10.2. The molecule has 1 amide bonds. The highest BCUT2D eigenvalue weighted by atomic mass is 127. The van der Waals surface area contributed by atoms with E-state index in [0.717, 1.165) is 9.13 Å². The van der Waals surface area contributed by atoms with Gasteiger partial charge in [0.15, 0.2) is 0 Å². The molecule has 0 unspecified atom stereocenters. The molecule has 0 spiro atoms. The molecule has 0 radical (unpaired) electrons. The first-order valence-electron chi connectivity index (χ1n) is 6.60. The number of nitrogens with zero attached hydrogens (tertiary/aromatic N) is 3. The highest BCUT2D eigenvalue weighted by molar-refractivity contribution is 14.1. The molecule has 2 aromatic heterocycles. The number of hydrogen-bond acceptors (Lipinski definition) is 4. The number of halogens is 2. The second-order valence-corrected chi connectivity index (χ2v) is 6.41. The molecule has 0 saturated carbocycles. The zero-order valence-corrected chi connectivity index (χ0v) is 14.6. The SMILES string of the molecule is O=C(NCc1ccc(Cl)cc1)c1cnc2ncc(I)cn2c1=O. The lowest BCUT2D eigenvalue weighted by Gasteiger charge is -2.06. The molecule has 0 aliphatic carbocycles. The van der Waals surface area contributed by atoms with Gasteiger partial charge in [-0.05, 0) is 40.3 Å². The summed E-state index contributed by atoms with van der Waals surface area (Å²) < 4.78 is 2.04. The maximum absolute atomic E-state index is 12.4. The molecule has 23 heavy (non-hydrogen) atoms. The molecular weight excluding hydrogens is 431 g/mol. The lowest BCUT2D eigenvalue weighted by molar-refractivity contribution is 0.0949. The van der Waals surface area contributed by atoms with Gasteiger partial charge in [-0.2, -0.15) is 0 Å². The van der Waals surface area contributed by atoms with Gasteiger partial charge in [-0.15, -0.1) is 0 Å². The lowest BCUT2D eigenvalue weighted by Crippen LogP contribution is -2.31. The predicted octanol–water partition coefficient (Wildman–Crippen LogP) is 2.28. The van der Waals surface area contributed by atoms with Crippen molar-refractivity contribution in [3.8, 4) is 0 Å². The van der Waals surface area contributed by atoms with Gasteiger partial charge in [0.1, 0.15) is 5.56 Å². The average Bonchev–Trinajstić information content (AvgIpc) is 2.55. The van der Waals surface area contributed by atoms with Gasteiger partial charge in [-0.25, -0.2) is 9.97 Å². The zero-order valence-electron chi connectivity index (χ0n) is 11.7. The number of aromatic nitrogens is 3. The molecule has 0 aliphatic heterocycles. The van der Waals surface area contributed by atoms with Crippen molar-refractivity contribution >= 4 is 45.9 Å². The summed E-state index contributed by atoms with van der Waals surface area (Å²) in [6, 6.07) is 7.09. The van der Waals surface area contributed by atoms with Crippen molar-refractivity contribution in [2.24, 2.45) is 0 Å². The van der Waals surface area contributed by atoms with Gasteiger partial charge in [-0.3, -0.25) is 14.0 Å². The number of fused-ring (bicyclic) bond motifs is 1. The summed E-state index contributed by atoms with van der Waals surface area (Å²) in [6.07, 6.45) is 4.44. The normalized spacial score (nSPS) is 10.7. The Bertz CT molecular complexity index is 940. The van der Waals surface area contributed by atoms with Crippen molar-refractivity contribution in [1.29, 1.82) is 0 Å². The van der Waals surface area contributed by atoms with Crippen LogP contribution in [-0.2, 0) is 6.54 Å². The third-order valence-electron chi connectivity index (χ3n) is 3.14. The summed E-state index contributed by atoms with van der Waals surface area (Å²) in [5.74, 6) is -0.227. The van der Waals surface area contributed by atoms with E-state index in [1.54, 1.807) is 36.7 Å². The standard InChI is InChI=1S/C15H10ClIN4O2/c16-10-3-1-9(2-4-10)5-18-13(22)12-7-20-15-19-6-11(17)8-21(15)14(12)23/h1-4,6-8H,5H2,(H,18,22). The largest absolute Gasteiger partial charge is 0.348 e. The van der Waals surface area contributed by atoms with Crippen molar-refractivity contribution < 1.29 is 4.79 Å². The molecule has 2 heterocycles. The number of nitrogens with one attached hydrogen (secondary N) is 1. The first-order valence-corrected chi connectivity index (χ1v) is 8.06. The molecule has 8 heteroatoms. The highest BCUT2D eigenvalue weighted by Gasteiger charge is 2.13. The molecule has 6 nitrogen and oxygen atoms in total. The minimum Gasteiger partial charge on any atom is -0.348 e. The second-order valence-electron chi connectivity index (χ2n) is 4.73. The molecule has 116 valence electrons. The Balaban J connectivity index is 1.84. The molecular formula is C15H10ClIN4O2. The van der Waals surface area contributed by atoms with Crippen LogP contribution in [0.1, 0.15) is 15.9 Å². The Hall–Kier alpha value is -2.00. The van der Waals surface area contributed by atoms with Crippen molar-refractivity contribution in [1.82, 2.24) is 19.7 Å². The van der Waals surface area contributed by atoms with Crippen LogP contribution in [0.5, 0.6) is 0 Å². The van der Waals surface area contributed by atoms with E-state index in [-0.39, 0.29) is 11.3 Å². The number of amides is 1. The van der Waals surface area contributed by atoms with Crippen LogP contribution in [0.25, 0.3) is 5.78 Å². The fraction of sp³-hybridized carbons (Fsp3) is 0.0667. The second kappa shape index (κ2) is 6.63. The predicted molar refractivity (Wildman–Crippen MR) is 94.6 cm³/mol. The Kier molecular flexibility index (Phi) is 4.58. The molecule has 3 aromatic rings. The van der Waals surface area contributed by atoms with Crippen LogP contribution in [0.15, 0.2) is 47.7 Å². The maximum atomic E-state index is 12.4. The van der Waals surface area contributed by atoms with Crippen LogP contribution in [0.3, 0.4) is 0 Å². The van der Waals surface area contributed by atoms with E-state index >= 15 is 0 Å². The van der Waals surface area contributed by atoms with Gasteiger partial charge < -0.3 is 5.32 Å². The fourth-order valence-corrected chi connectivity index (χ4v) is 2.53. The maximum Gasteiger partial charge on any atom is 0.271 e. The summed E-state index contributed by atoms with van der Waals surface area (Å²) in [5, 5.41) is 3.32. The molecule has 0 saturated heterocycles. The van der Waals surface area contributed by atoms with Crippen LogP contribution in [0.2, 0.25) is 5.02 Å². The number of carbonyl (C=O) groups is 1. The van der Waals surface area contributed by atoms with Crippen molar-refractivity contribution in [3.05, 3.63) is 72.9 Å². The van der Waals surface area contributed by atoms with Crippen LogP contribution in [-0.4, -0.2) is 20.3 Å². The topological polar surface area (TPSA) is 76.4 Å². The summed E-state index contributed by atoms with van der Waals surface area (Å²) in [4.78, 5) is 32.7. The van der Waals surface area contributed by atoms with Crippen LogP contribution in [0.4, 0.5) is 0 Å². The van der Waals surface area contributed by atoms with Crippen molar-refractivity contribution in [2.75, 3.05) is 0 Å². The monoisotopic (exact) mass is 440 g/mol. The Morgan fingerprint density at radius 2 is 1.91 bits per heavy atom. The zero-order chi connectivity index (χ0) is 16.4. The Labute approximate surface area is 149 Å². The van der Waals surface area contributed by atoms with Gasteiger partial charge in [0.2, 0.25) is 5.78 Å². The van der Waals surface area contributed by atoms with Gasteiger partial charge in [-0.1, -0.05) is 23.7 Å². The number of rotatable bonds is 3. The summed E-state index contributed by atoms with van der Waals surface area (Å²) >= 11 is 7.85. The van der Waals surface area contributed by atoms with E-state index < -0.39 is 11.5 Å². The van der Waals surface area contributed by atoms with E-state index in [1.165, 1.54) is 10.6 Å². The van der Waals surface area contributed by atoms with Crippen LogP contribution in [0, 0.1) is 3.57 Å². The molecule has 1 N–H and O–H groups in total. The van der Waals surface area contributed by atoms with E-state index in [0.29, 0.717) is 11.6 Å². The average molecular weight is 441 g/mol. The first-order chi connectivity index (χ1) is 11.0. The summed E-state index contributed by atoms with van der Waals surface area (Å²) in [6.45, 7) is 0.294. The van der Waals surface area contributed by atoms with Gasteiger partial charge in [0, 0.05) is 33.7 Å². The van der Waals surface area contributed by atoms with Crippen LogP contribution >= 0.6 is 34.2 Å². The van der Waals surface area contributed by atoms with Gasteiger partial charge in [0.05, 0.1) is 0 Å². The van der Waals surface area contributed by atoms with Gasteiger partial charge in [0.25, 0.3) is 11.5 Å². The molecule has 0 bridgehead atoms. The number of benzene rings is 1. The van der Waals surface area contributed by atoms with Crippen molar-refractivity contribution in [2.45, 2.75) is 6.54 Å². The first kappa shape index (κ1) is 15.9. The molecule has 0 fully saturated rings. The number of carbonyl (C=O) groups excluding carboxylic acids is 1. The molecule has 3 rings (SSSR count). The third-order valence-corrected chi connectivity index (χ3v) is 3.95. The van der Waals surface area contributed by atoms with Crippen LogP contribution < -0.4 is 10.9 Å². The minimum absolute atomic E-state index is 0.0275.